The van der Waals surface area contributed by atoms with Crippen molar-refractivity contribution < 1.29 is 9.90 Å². The van der Waals surface area contributed by atoms with Gasteiger partial charge in [-0.3, -0.25) is 0 Å². The van der Waals surface area contributed by atoms with Gasteiger partial charge in [-0.1, -0.05) is 6.92 Å². The monoisotopic (exact) mass is 288 g/mol. The number of nitrogens with two attached hydrogens (primary N) is 1. The van der Waals surface area contributed by atoms with Crippen molar-refractivity contribution in [2.24, 2.45) is 5.73 Å². The molecule has 0 aliphatic rings. The van der Waals surface area contributed by atoms with E-state index in [-0.39, 0.29) is 6.04 Å². The van der Waals surface area contributed by atoms with E-state index in [1.165, 1.54) is 5.56 Å². The Balaban J connectivity index is 2.76. The summed E-state index contributed by atoms with van der Waals surface area (Å²) in [6.45, 7) is 6.84. The van der Waals surface area contributed by atoms with Crippen molar-refractivity contribution in [1.82, 2.24) is 4.57 Å². The summed E-state index contributed by atoms with van der Waals surface area (Å²) in [4.78, 5) is 11.6. The molecule has 1 aromatic heterocycles. The Morgan fingerprint density at radius 3 is 2.62 bits per heavy atom. The molecule has 2 rings (SSSR count). The van der Waals surface area contributed by atoms with Crippen molar-refractivity contribution in [2.75, 3.05) is 6.54 Å². The first-order valence-corrected chi connectivity index (χ1v) is 7.59. The number of aromatic carboxylic acids is 1. The maximum Gasteiger partial charge on any atom is 0.337 e. The summed E-state index contributed by atoms with van der Waals surface area (Å²) in [6.07, 6.45) is 4.73. The molecular weight excluding hydrogens is 264 g/mol. The Labute approximate surface area is 125 Å². The molecule has 0 aliphatic heterocycles. The molecule has 0 spiro atoms. The first kappa shape index (κ1) is 15.6. The maximum atomic E-state index is 11.6. The molecule has 4 nitrogen and oxygen atoms in total. The molecule has 0 unspecified atom stereocenters. The van der Waals surface area contributed by atoms with Crippen LogP contribution in [-0.2, 0) is 12.8 Å². The van der Waals surface area contributed by atoms with Gasteiger partial charge in [0.15, 0.2) is 0 Å². The zero-order valence-corrected chi connectivity index (χ0v) is 13.0. The Morgan fingerprint density at radius 2 is 2.10 bits per heavy atom. The molecular formula is C17H24N2O2. The molecule has 0 radical (unpaired) electrons. The Hall–Kier alpha value is -1.81. The topological polar surface area (TPSA) is 68.2 Å². The molecule has 114 valence electrons. The highest BCUT2D eigenvalue weighted by Gasteiger charge is 2.18. The van der Waals surface area contributed by atoms with E-state index in [1.807, 2.05) is 6.92 Å². The van der Waals surface area contributed by atoms with Crippen LogP contribution in [0.3, 0.4) is 0 Å². The van der Waals surface area contributed by atoms with E-state index in [9.17, 15) is 9.90 Å². The van der Waals surface area contributed by atoms with Gasteiger partial charge in [0, 0.05) is 17.6 Å². The van der Waals surface area contributed by atoms with Crippen LogP contribution in [0.4, 0.5) is 0 Å². The van der Waals surface area contributed by atoms with Gasteiger partial charge in [-0.2, -0.15) is 0 Å². The van der Waals surface area contributed by atoms with Crippen molar-refractivity contribution in [1.29, 1.82) is 0 Å². The van der Waals surface area contributed by atoms with Crippen molar-refractivity contribution in [3.63, 3.8) is 0 Å². The van der Waals surface area contributed by atoms with Crippen molar-refractivity contribution in [3.8, 4) is 0 Å². The third kappa shape index (κ3) is 2.95. The molecule has 1 heterocycles. The van der Waals surface area contributed by atoms with Gasteiger partial charge in [0.25, 0.3) is 0 Å². The van der Waals surface area contributed by atoms with Crippen LogP contribution in [0.15, 0.2) is 18.3 Å². The summed E-state index contributed by atoms with van der Waals surface area (Å²) >= 11 is 0. The van der Waals surface area contributed by atoms with E-state index < -0.39 is 5.97 Å². The Morgan fingerprint density at radius 1 is 1.38 bits per heavy atom. The second kappa shape index (κ2) is 6.31. The number of rotatable bonds is 6. The molecule has 0 saturated carbocycles. The molecule has 3 N–H and O–H groups in total. The van der Waals surface area contributed by atoms with Gasteiger partial charge in [0.1, 0.15) is 0 Å². The maximum absolute atomic E-state index is 11.6. The number of hydrogen-bond donors (Lipinski definition) is 2. The van der Waals surface area contributed by atoms with Gasteiger partial charge in [-0.25, -0.2) is 4.79 Å². The van der Waals surface area contributed by atoms with E-state index >= 15 is 0 Å². The smallest absolute Gasteiger partial charge is 0.337 e. The summed E-state index contributed by atoms with van der Waals surface area (Å²) in [5.74, 6) is -0.860. The summed E-state index contributed by atoms with van der Waals surface area (Å²) < 4.78 is 2.07. The van der Waals surface area contributed by atoms with Crippen molar-refractivity contribution >= 4 is 16.9 Å². The number of aryl methyl sites for hydroxylation is 2. The third-order valence-corrected chi connectivity index (χ3v) is 3.91. The summed E-state index contributed by atoms with van der Waals surface area (Å²) in [5, 5.41) is 10.6. The largest absolute Gasteiger partial charge is 0.478 e. The fourth-order valence-electron chi connectivity index (χ4n) is 2.79. The highest BCUT2D eigenvalue weighted by atomic mass is 16.4. The number of carboxylic acid groups (broad SMARTS) is 1. The van der Waals surface area contributed by atoms with E-state index in [2.05, 4.69) is 30.7 Å². The lowest BCUT2D eigenvalue weighted by molar-refractivity contribution is 0.0698. The number of benzene rings is 1. The molecule has 1 aromatic carbocycles. The first-order chi connectivity index (χ1) is 9.99. The Kier molecular flexibility index (Phi) is 4.68. The van der Waals surface area contributed by atoms with Gasteiger partial charge in [-0.15, -0.1) is 0 Å². The zero-order valence-electron chi connectivity index (χ0n) is 13.0. The van der Waals surface area contributed by atoms with Gasteiger partial charge < -0.3 is 15.4 Å². The molecule has 0 bridgehead atoms. The van der Waals surface area contributed by atoms with Crippen LogP contribution in [-0.4, -0.2) is 22.2 Å². The highest BCUT2D eigenvalue weighted by Crippen LogP contribution is 2.30. The number of fused-ring (bicyclic) bond motifs is 1. The summed E-state index contributed by atoms with van der Waals surface area (Å²) in [7, 11) is 0. The predicted octanol–water partition coefficient (Wildman–Crippen LogP) is 3.37. The van der Waals surface area contributed by atoms with Gasteiger partial charge >= 0.3 is 5.97 Å². The molecule has 21 heavy (non-hydrogen) atoms. The van der Waals surface area contributed by atoms with Gasteiger partial charge in [0.05, 0.1) is 11.1 Å². The lowest BCUT2D eigenvalue weighted by Crippen LogP contribution is -2.05. The van der Waals surface area contributed by atoms with Gasteiger partial charge in [-0.05, 0) is 62.9 Å². The minimum atomic E-state index is -0.860. The van der Waals surface area contributed by atoms with Crippen LogP contribution in [0, 0.1) is 0 Å². The fraction of sp³-hybridized carbons (Fsp3) is 0.471. The molecule has 0 amide bonds. The highest BCUT2D eigenvalue weighted by molar-refractivity contribution is 6.04. The van der Waals surface area contributed by atoms with E-state index in [1.54, 1.807) is 6.07 Å². The van der Waals surface area contributed by atoms with Crippen LogP contribution < -0.4 is 5.73 Å². The van der Waals surface area contributed by atoms with Crippen LogP contribution in [0.1, 0.15) is 54.7 Å². The van der Waals surface area contributed by atoms with Crippen molar-refractivity contribution in [2.45, 2.75) is 46.1 Å². The van der Waals surface area contributed by atoms with E-state index in [4.69, 9.17) is 5.73 Å². The number of nitrogens with zero attached hydrogens (tertiary/aromatic N) is 1. The number of hydrogen-bond acceptors (Lipinski definition) is 2. The van der Waals surface area contributed by atoms with Crippen LogP contribution in [0.5, 0.6) is 0 Å². The predicted molar refractivity (Wildman–Crippen MR) is 86.0 cm³/mol. The van der Waals surface area contributed by atoms with Crippen molar-refractivity contribution in [3.05, 3.63) is 35.0 Å². The number of aromatic nitrogens is 1. The second-order valence-corrected chi connectivity index (χ2v) is 5.75. The van der Waals surface area contributed by atoms with Crippen LogP contribution >= 0.6 is 0 Å². The minimum absolute atomic E-state index is 0.227. The summed E-state index contributed by atoms with van der Waals surface area (Å²) in [5.41, 5.74) is 9.12. The molecule has 2 aromatic rings. The van der Waals surface area contributed by atoms with E-state index in [0.717, 1.165) is 35.7 Å². The minimum Gasteiger partial charge on any atom is -0.478 e. The quantitative estimate of drug-likeness (QED) is 0.856. The SMILES string of the molecule is CCc1cc(C(=O)O)c2c(c1)c(CCCN)cn2C(C)C. The third-order valence-electron chi connectivity index (χ3n) is 3.91. The number of carbonyl (C=O) groups is 1. The van der Waals surface area contributed by atoms with Crippen LogP contribution in [0.2, 0.25) is 0 Å². The average molecular weight is 288 g/mol. The van der Waals surface area contributed by atoms with Crippen LogP contribution in [0.25, 0.3) is 10.9 Å². The average Bonchev–Trinajstić information content (AvgIpc) is 2.82. The summed E-state index contributed by atoms with van der Waals surface area (Å²) in [6, 6.07) is 4.16. The molecule has 0 saturated heterocycles. The number of carboxylic acids is 1. The fourth-order valence-corrected chi connectivity index (χ4v) is 2.79. The lowest BCUT2D eigenvalue weighted by atomic mass is 10.0. The first-order valence-electron chi connectivity index (χ1n) is 7.59. The van der Waals surface area contributed by atoms with E-state index in [0.29, 0.717) is 12.1 Å². The zero-order chi connectivity index (χ0) is 15.6. The Bertz CT molecular complexity index is 656. The molecule has 0 atom stereocenters. The second-order valence-electron chi connectivity index (χ2n) is 5.75. The lowest BCUT2D eigenvalue weighted by Gasteiger charge is -2.12. The molecule has 0 fully saturated rings. The van der Waals surface area contributed by atoms with Gasteiger partial charge in [0.2, 0.25) is 0 Å². The normalized spacial score (nSPS) is 11.5. The standard InChI is InChI=1S/C17H24N2O2/c1-4-12-8-14-13(6-5-7-18)10-19(11(2)3)16(14)15(9-12)17(20)21/h8-11H,4-7,18H2,1-3H3,(H,20,21). The molecule has 0 aliphatic carbocycles. The molecule has 4 heteroatoms.